The van der Waals surface area contributed by atoms with E-state index in [4.69, 9.17) is 25.5 Å². The summed E-state index contributed by atoms with van der Waals surface area (Å²) in [4.78, 5) is 0. The number of hydrogen-bond donors (Lipinski definition) is 0. The van der Waals surface area contributed by atoms with Crippen LogP contribution >= 0.6 is 11.6 Å². The molecule has 0 bridgehead atoms. The maximum Gasteiger partial charge on any atom is 0.191 e. The Bertz CT molecular complexity index is 440. The monoisotopic (exact) mass is 376 g/mol. The van der Waals surface area contributed by atoms with E-state index in [0.29, 0.717) is 5.88 Å². The van der Waals surface area contributed by atoms with Gasteiger partial charge in [-0.1, -0.05) is 33.8 Å². The van der Waals surface area contributed by atoms with Crippen LogP contribution in [0.1, 0.15) is 54.9 Å². The second-order valence-electron chi connectivity index (χ2n) is 8.95. The van der Waals surface area contributed by atoms with Gasteiger partial charge in [-0.05, 0) is 50.9 Å². The van der Waals surface area contributed by atoms with Crippen LogP contribution in [0.5, 0.6) is 0 Å². The van der Waals surface area contributed by atoms with Gasteiger partial charge in [0.2, 0.25) is 0 Å². The fourth-order valence-corrected chi connectivity index (χ4v) is 4.13. The van der Waals surface area contributed by atoms with Crippen LogP contribution in [0.4, 0.5) is 0 Å². The standard InChI is InChI=1S/C19H37ClO3Si/c1-14(10-12-20)17-15(2)16(22-19(6,7)23-17)11-13-21-24(8,9)18(3,4)5/h10,15-17H,11-13H2,1-9H3/b14-10-/t15-,16-,17-/m0/s1. The van der Waals surface area contributed by atoms with E-state index in [-0.39, 0.29) is 23.2 Å². The Morgan fingerprint density at radius 2 is 1.83 bits per heavy atom. The first-order chi connectivity index (χ1) is 10.8. The summed E-state index contributed by atoms with van der Waals surface area (Å²) in [6.07, 6.45) is 3.10. The van der Waals surface area contributed by atoms with E-state index in [1.807, 2.05) is 19.9 Å². The summed E-state index contributed by atoms with van der Waals surface area (Å²) in [5.41, 5.74) is 1.18. The van der Waals surface area contributed by atoms with Crippen LogP contribution in [0.3, 0.4) is 0 Å². The highest BCUT2D eigenvalue weighted by Gasteiger charge is 2.42. The summed E-state index contributed by atoms with van der Waals surface area (Å²) >= 11 is 5.87. The van der Waals surface area contributed by atoms with Gasteiger partial charge in [-0.25, -0.2) is 0 Å². The van der Waals surface area contributed by atoms with Crippen molar-refractivity contribution in [3.8, 4) is 0 Å². The van der Waals surface area contributed by atoms with E-state index in [2.05, 4.69) is 47.7 Å². The number of alkyl halides is 1. The number of allylic oxidation sites excluding steroid dienone is 1. The number of halogens is 1. The van der Waals surface area contributed by atoms with Crippen LogP contribution in [-0.2, 0) is 13.9 Å². The molecule has 1 heterocycles. The van der Waals surface area contributed by atoms with E-state index in [1.165, 1.54) is 5.57 Å². The van der Waals surface area contributed by atoms with Crippen LogP contribution in [0.15, 0.2) is 11.6 Å². The molecule has 0 aliphatic carbocycles. The fourth-order valence-electron chi connectivity index (χ4n) is 2.82. The lowest BCUT2D eigenvalue weighted by Gasteiger charge is -2.46. The Hall–Kier alpha value is 0.127. The van der Waals surface area contributed by atoms with Gasteiger partial charge in [-0.2, -0.15) is 0 Å². The molecule has 0 radical (unpaired) electrons. The molecule has 0 unspecified atom stereocenters. The lowest BCUT2D eigenvalue weighted by atomic mass is 9.89. The molecule has 1 aliphatic rings. The van der Waals surface area contributed by atoms with Crippen LogP contribution < -0.4 is 0 Å². The SMILES string of the molecule is C/C(=C/CCl)[C@@H]1OC(C)(C)O[C@@H](CCO[Si](C)(C)C(C)(C)C)[C@@H]1C. The van der Waals surface area contributed by atoms with Crippen LogP contribution in [0, 0.1) is 5.92 Å². The zero-order chi connectivity index (χ0) is 18.8. The topological polar surface area (TPSA) is 27.7 Å². The molecule has 3 atom stereocenters. The van der Waals surface area contributed by atoms with Crippen molar-refractivity contribution >= 4 is 19.9 Å². The summed E-state index contributed by atoms with van der Waals surface area (Å²) in [7, 11) is -1.71. The number of rotatable bonds is 6. The highest BCUT2D eigenvalue weighted by atomic mass is 35.5. The largest absolute Gasteiger partial charge is 0.417 e. The molecule has 0 N–H and O–H groups in total. The third kappa shape index (κ3) is 5.84. The average Bonchev–Trinajstić information content (AvgIpc) is 2.40. The predicted octanol–water partition coefficient (Wildman–Crippen LogP) is 5.74. The zero-order valence-electron chi connectivity index (χ0n) is 17.0. The third-order valence-electron chi connectivity index (χ3n) is 5.43. The molecule has 3 nitrogen and oxygen atoms in total. The Morgan fingerprint density at radius 3 is 2.33 bits per heavy atom. The summed E-state index contributed by atoms with van der Waals surface area (Å²) in [6.45, 7) is 20.4. The van der Waals surface area contributed by atoms with E-state index in [1.54, 1.807) is 0 Å². The van der Waals surface area contributed by atoms with Crippen molar-refractivity contribution in [2.24, 2.45) is 5.92 Å². The minimum atomic E-state index is -1.71. The first kappa shape index (κ1) is 22.2. The Kier molecular flexibility index (Phi) is 7.59. The van der Waals surface area contributed by atoms with Gasteiger partial charge in [-0.15, -0.1) is 11.6 Å². The van der Waals surface area contributed by atoms with Crippen molar-refractivity contribution in [3.05, 3.63) is 11.6 Å². The first-order valence-electron chi connectivity index (χ1n) is 9.03. The van der Waals surface area contributed by atoms with E-state index >= 15 is 0 Å². The van der Waals surface area contributed by atoms with Crippen molar-refractivity contribution in [3.63, 3.8) is 0 Å². The highest BCUT2D eigenvalue weighted by molar-refractivity contribution is 6.74. The molecule has 0 aromatic carbocycles. The molecular weight excluding hydrogens is 340 g/mol. The zero-order valence-corrected chi connectivity index (χ0v) is 18.8. The van der Waals surface area contributed by atoms with Crippen molar-refractivity contribution in [1.29, 1.82) is 0 Å². The molecule has 142 valence electrons. The van der Waals surface area contributed by atoms with Crippen LogP contribution in [0.25, 0.3) is 0 Å². The van der Waals surface area contributed by atoms with Crippen LogP contribution in [-0.4, -0.2) is 38.8 Å². The summed E-state index contributed by atoms with van der Waals surface area (Å²) in [5, 5.41) is 0.233. The second kappa shape index (κ2) is 8.21. The smallest absolute Gasteiger partial charge is 0.191 e. The normalized spacial score (nSPS) is 28.9. The van der Waals surface area contributed by atoms with Crippen molar-refractivity contribution in [2.45, 2.75) is 91.0 Å². The van der Waals surface area contributed by atoms with Gasteiger partial charge in [0, 0.05) is 18.4 Å². The van der Waals surface area contributed by atoms with Gasteiger partial charge in [0.1, 0.15) is 0 Å². The van der Waals surface area contributed by atoms with Gasteiger partial charge in [0.15, 0.2) is 14.1 Å². The lowest BCUT2D eigenvalue weighted by Crippen LogP contribution is -2.51. The predicted molar refractivity (Wildman–Crippen MR) is 105 cm³/mol. The molecule has 1 rings (SSSR count). The van der Waals surface area contributed by atoms with Crippen molar-refractivity contribution in [2.75, 3.05) is 12.5 Å². The van der Waals surface area contributed by atoms with Gasteiger partial charge in [-0.3, -0.25) is 0 Å². The first-order valence-corrected chi connectivity index (χ1v) is 12.5. The molecule has 0 saturated carbocycles. The van der Waals surface area contributed by atoms with Gasteiger partial charge in [0.25, 0.3) is 0 Å². The maximum atomic E-state index is 6.34. The minimum absolute atomic E-state index is 0.0466. The second-order valence-corrected chi connectivity index (χ2v) is 14.1. The summed E-state index contributed by atoms with van der Waals surface area (Å²) in [5.74, 6) is 0.208. The Balaban J connectivity index is 2.74. The van der Waals surface area contributed by atoms with Crippen molar-refractivity contribution < 1.29 is 13.9 Å². The average molecular weight is 377 g/mol. The molecule has 5 heteroatoms. The van der Waals surface area contributed by atoms with Gasteiger partial charge < -0.3 is 13.9 Å². The molecule has 0 aromatic heterocycles. The molecule has 1 aliphatic heterocycles. The van der Waals surface area contributed by atoms with Gasteiger partial charge >= 0.3 is 0 Å². The van der Waals surface area contributed by atoms with E-state index in [9.17, 15) is 0 Å². The third-order valence-corrected chi connectivity index (χ3v) is 10.1. The summed E-state index contributed by atoms with van der Waals surface area (Å²) in [6, 6.07) is 0. The summed E-state index contributed by atoms with van der Waals surface area (Å²) < 4.78 is 18.7. The lowest BCUT2D eigenvalue weighted by molar-refractivity contribution is -0.312. The van der Waals surface area contributed by atoms with Crippen molar-refractivity contribution in [1.82, 2.24) is 0 Å². The molecule has 24 heavy (non-hydrogen) atoms. The van der Waals surface area contributed by atoms with E-state index in [0.717, 1.165) is 13.0 Å². The Morgan fingerprint density at radius 1 is 1.25 bits per heavy atom. The highest BCUT2D eigenvalue weighted by Crippen LogP contribution is 2.38. The van der Waals surface area contributed by atoms with E-state index < -0.39 is 14.1 Å². The Labute approximate surface area is 155 Å². The fraction of sp³-hybridized carbons (Fsp3) is 0.895. The molecule has 1 fully saturated rings. The molecular formula is C19H37ClO3Si. The molecule has 0 aromatic rings. The van der Waals surface area contributed by atoms with Gasteiger partial charge in [0.05, 0.1) is 12.2 Å². The molecule has 1 saturated heterocycles. The number of hydrogen-bond acceptors (Lipinski definition) is 3. The quantitative estimate of drug-likeness (QED) is 0.336. The molecule has 0 amide bonds. The maximum absolute atomic E-state index is 6.34. The molecule has 0 spiro atoms. The van der Waals surface area contributed by atoms with Crippen LogP contribution in [0.2, 0.25) is 18.1 Å². The minimum Gasteiger partial charge on any atom is -0.417 e. The number of ether oxygens (including phenoxy) is 2.